The maximum atomic E-state index is 12.9. The van der Waals surface area contributed by atoms with Crippen LogP contribution in [0.4, 0.5) is 0 Å². The Morgan fingerprint density at radius 1 is 0.719 bits per heavy atom. The fourth-order valence-electron chi connectivity index (χ4n) is 3.00. The molecule has 0 aliphatic carbocycles. The molecule has 0 heterocycles. The van der Waals surface area contributed by atoms with Crippen LogP contribution >= 0.6 is 0 Å². The number of aliphatic hydroxyl groups excluding tert-OH is 1. The third kappa shape index (κ3) is 15.9. The minimum absolute atomic E-state index is 0.0817. The van der Waals surface area contributed by atoms with Crippen LogP contribution in [0.15, 0.2) is 0 Å². The highest BCUT2D eigenvalue weighted by atomic mass is 16.3. The monoisotopic (exact) mass is 460 g/mol. The number of amides is 3. The lowest BCUT2D eigenvalue weighted by molar-refractivity contribution is -0.131. The van der Waals surface area contributed by atoms with Crippen LogP contribution in [-0.4, -0.2) is 99.4 Å². The van der Waals surface area contributed by atoms with Crippen LogP contribution in [-0.2, 0) is 14.4 Å². The average molecular weight is 461 g/mol. The maximum Gasteiger partial charge on any atom is 0.237 e. The van der Waals surface area contributed by atoms with Crippen LogP contribution in [0.25, 0.3) is 0 Å². The summed E-state index contributed by atoms with van der Waals surface area (Å²) >= 11 is 0. The third-order valence-corrected chi connectivity index (χ3v) is 4.72. The Kier molecular flexibility index (Phi) is 19.8. The Bertz CT molecular complexity index is 510. The fourth-order valence-corrected chi connectivity index (χ4v) is 3.00. The Morgan fingerprint density at radius 3 is 1.78 bits per heavy atom. The molecule has 0 saturated carbocycles. The Balaban J connectivity index is 5.16. The van der Waals surface area contributed by atoms with Gasteiger partial charge in [0.05, 0.1) is 25.9 Å². The molecule has 11 N–H and O–H groups in total. The summed E-state index contributed by atoms with van der Waals surface area (Å²) in [5, 5.41) is 19.9. The van der Waals surface area contributed by atoms with Gasteiger partial charge >= 0.3 is 0 Å². The summed E-state index contributed by atoms with van der Waals surface area (Å²) < 4.78 is 0. The maximum absolute atomic E-state index is 12.9. The van der Waals surface area contributed by atoms with E-state index in [0.717, 1.165) is 6.42 Å². The summed E-state index contributed by atoms with van der Waals surface area (Å²) in [5.41, 5.74) is 16.6. The lowest BCUT2D eigenvalue weighted by Crippen LogP contribution is -2.53. The molecule has 0 spiro atoms. The number of carbonyl (C=O) groups excluding carboxylic acids is 3. The normalized spacial score (nSPS) is 11.9. The second-order valence-corrected chi connectivity index (χ2v) is 7.49. The van der Waals surface area contributed by atoms with E-state index >= 15 is 0 Å². The van der Waals surface area contributed by atoms with Crippen molar-refractivity contribution < 1.29 is 19.5 Å². The van der Waals surface area contributed by atoms with Gasteiger partial charge in [0.2, 0.25) is 17.7 Å². The highest BCUT2D eigenvalue weighted by Crippen LogP contribution is 2.10. The van der Waals surface area contributed by atoms with Crippen LogP contribution < -0.4 is 38.5 Å². The van der Waals surface area contributed by atoms with Crippen molar-refractivity contribution in [3.05, 3.63) is 0 Å². The summed E-state index contributed by atoms with van der Waals surface area (Å²) in [6.45, 7) is 2.99. The summed E-state index contributed by atoms with van der Waals surface area (Å²) in [6, 6.07) is -0.638. The van der Waals surface area contributed by atoms with Crippen LogP contribution in [0.5, 0.6) is 0 Å². The summed E-state index contributed by atoms with van der Waals surface area (Å²) in [7, 11) is 0. The van der Waals surface area contributed by atoms with E-state index in [1.54, 1.807) is 4.90 Å². The lowest BCUT2D eigenvalue weighted by Gasteiger charge is -2.30. The molecule has 1 unspecified atom stereocenters. The van der Waals surface area contributed by atoms with Gasteiger partial charge in [-0.3, -0.25) is 24.6 Å². The highest BCUT2D eigenvalue weighted by molar-refractivity contribution is 5.85. The second kappa shape index (κ2) is 21.0. The van der Waals surface area contributed by atoms with E-state index in [9.17, 15) is 14.4 Å². The molecule has 1 atom stereocenters. The van der Waals surface area contributed by atoms with E-state index in [2.05, 4.69) is 21.3 Å². The number of aliphatic hydroxyl groups is 1. The van der Waals surface area contributed by atoms with Crippen LogP contribution in [0.1, 0.15) is 38.5 Å². The third-order valence-electron chi connectivity index (χ3n) is 4.72. The molecule has 0 fully saturated rings. The van der Waals surface area contributed by atoms with Gasteiger partial charge in [-0.25, -0.2) is 0 Å². The van der Waals surface area contributed by atoms with Crippen molar-refractivity contribution >= 4 is 17.7 Å². The van der Waals surface area contributed by atoms with Crippen LogP contribution in [0.3, 0.4) is 0 Å². The van der Waals surface area contributed by atoms with Crippen molar-refractivity contribution in [1.29, 1.82) is 0 Å². The fraction of sp³-hybridized carbons (Fsp3) is 0.850. The molecule has 12 nitrogen and oxygen atoms in total. The largest absolute Gasteiger partial charge is 0.381 e. The van der Waals surface area contributed by atoms with E-state index in [1.807, 2.05) is 0 Å². The first-order chi connectivity index (χ1) is 15.5. The summed E-state index contributed by atoms with van der Waals surface area (Å²) in [4.78, 5) is 39.4. The summed E-state index contributed by atoms with van der Waals surface area (Å²) in [6.07, 6.45) is 3.86. The molecule has 0 aliphatic rings. The molecular formula is C20H44N8O4. The quantitative estimate of drug-likeness (QED) is 0.0640. The predicted octanol–water partition coefficient (Wildman–Crippen LogP) is -3.24. The first-order valence-corrected chi connectivity index (χ1v) is 11.5. The van der Waals surface area contributed by atoms with Gasteiger partial charge in [0.25, 0.3) is 0 Å². The predicted molar refractivity (Wildman–Crippen MR) is 124 cm³/mol. The van der Waals surface area contributed by atoms with Gasteiger partial charge in [-0.15, -0.1) is 0 Å². The van der Waals surface area contributed by atoms with E-state index in [1.165, 1.54) is 0 Å². The molecule has 0 aromatic carbocycles. The molecule has 0 saturated heterocycles. The van der Waals surface area contributed by atoms with Gasteiger partial charge < -0.3 is 38.3 Å². The molecule has 12 heteroatoms. The van der Waals surface area contributed by atoms with E-state index in [0.29, 0.717) is 77.9 Å². The van der Waals surface area contributed by atoms with Gasteiger partial charge in [0, 0.05) is 19.6 Å². The van der Waals surface area contributed by atoms with Crippen molar-refractivity contribution in [2.24, 2.45) is 17.2 Å². The first-order valence-electron chi connectivity index (χ1n) is 11.5. The average Bonchev–Trinajstić information content (AvgIpc) is 2.76. The molecule has 0 aliphatic heterocycles. The topological polar surface area (TPSA) is 201 Å². The van der Waals surface area contributed by atoms with Crippen molar-refractivity contribution in [3.63, 3.8) is 0 Å². The molecular weight excluding hydrogens is 416 g/mol. The molecule has 0 aromatic heterocycles. The van der Waals surface area contributed by atoms with Crippen LogP contribution in [0.2, 0.25) is 0 Å². The molecule has 0 aromatic rings. The van der Waals surface area contributed by atoms with Gasteiger partial charge in [0.15, 0.2) is 0 Å². The van der Waals surface area contributed by atoms with Gasteiger partial charge in [-0.1, -0.05) is 6.42 Å². The van der Waals surface area contributed by atoms with E-state index in [4.69, 9.17) is 22.3 Å². The van der Waals surface area contributed by atoms with E-state index in [-0.39, 0.29) is 37.5 Å². The zero-order valence-electron chi connectivity index (χ0n) is 19.2. The number of hydrogen-bond acceptors (Lipinski definition) is 9. The van der Waals surface area contributed by atoms with Gasteiger partial charge in [-0.2, -0.15) is 0 Å². The van der Waals surface area contributed by atoms with Crippen molar-refractivity contribution in [3.8, 4) is 0 Å². The van der Waals surface area contributed by atoms with Crippen molar-refractivity contribution in [2.45, 2.75) is 44.6 Å². The molecule has 0 bridgehead atoms. The van der Waals surface area contributed by atoms with Crippen LogP contribution in [0, 0.1) is 0 Å². The number of rotatable bonds is 21. The number of nitrogens with two attached hydrogens (primary N) is 3. The number of carbonyl (C=O) groups is 3. The summed E-state index contributed by atoms with van der Waals surface area (Å²) in [5.74, 6) is -0.774. The first kappa shape index (κ1) is 30.2. The SMILES string of the molecule is NCCCCC(C(=O)NCCCN)N(CC(=O)NCCCN)CC(=O)NCCCNCO. The number of nitrogens with one attached hydrogen (secondary N) is 4. The van der Waals surface area contributed by atoms with Gasteiger partial charge in [0.1, 0.15) is 0 Å². The zero-order valence-corrected chi connectivity index (χ0v) is 19.2. The Morgan fingerprint density at radius 2 is 1.25 bits per heavy atom. The van der Waals surface area contributed by atoms with Crippen molar-refractivity contribution in [1.82, 2.24) is 26.2 Å². The minimum Gasteiger partial charge on any atom is -0.381 e. The molecule has 188 valence electrons. The van der Waals surface area contributed by atoms with Crippen molar-refractivity contribution in [2.75, 3.05) is 65.6 Å². The standard InChI is InChI=1S/C20H44N8O4/c21-7-2-1-6-17(20(32)27-12-4-9-23)28(14-18(30)25-11-3-8-22)15-19(31)26-13-5-10-24-16-29/h17,24,29H,1-16,21-23H2,(H,25,30)(H,26,31)(H,27,32). The lowest BCUT2D eigenvalue weighted by atomic mass is 10.1. The minimum atomic E-state index is -0.638. The number of hydrogen-bond donors (Lipinski definition) is 8. The number of nitrogens with zero attached hydrogens (tertiary/aromatic N) is 1. The Hall–Kier alpha value is -1.83. The second-order valence-electron chi connectivity index (χ2n) is 7.49. The highest BCUT2D eigenvalue weighted by Gasteiger charge is 2.28. The van der Waals surface area contributed by atoms with E-state index < -0.39 is 6.04 Å². The van der Waals surface area contributed by atoms with Gasteiger partial charge in [-0.05, 0) is 58.3 Å². The smallest absolute Gasteiger partial charge is 0.237 e. The molecule has 0 rings (SSSR count). The zero-order chi connectivity index (χ0) is 24.0. The number of unbranched alkanes of at least 4 members (excludes halogenated alkanes) is 1. The molecule has 32 heavy (non-hydrogen) atoms. The molecule has 0 radical (unpaired) electrons. The Labute approximate surface area is 191 Å². The molecule has 3 amide bonds.